The van der Waals surface area contributed by atoms with Crippen molar-refractivity contribution in [3.8, 4) is 33.8 Å². The predicted molar refractivity (Wildman–Crippen MR) is 253 cm³/mol. The lowest BCUT2D eigenvalue weighted by Gasteiger charge is -2.36. The van der Waals surface area contributed by atoms with Gasteiger partial charge in [0.05, 0.1) is 15.5 Å². The Labute approximate surface area is 360 Å². The topological polar surface area (TPSA) is 12.5 Å². The van der Waals surface area contributed by atoms with Crippen LogP contribution in [0.2, 0.25) is 13.1 Å². The van der Waals surface area contributed by atoms with Gasteiger partial charge in [-0.3, -0.25) is 0 Å². The number of hydrogen-bond acceptors (Lipinski definition) is 5. The van der Waals surface area contributed by atoms with Crippen LogP contribution in [0.5, 0.6) is 11.5 Å². The molecule has 0 N–H and O–H groups in total. The number of hydrogen-bond donors (Lipinski definition) is 0. The summed E-state index contributed by atoms with van der Waals surface area (Å²) in [6, 6.07) is 64.8. The van der Waals surface area contributed by atoms with E-state index in [1.165, 1.54) is 57.9 Å². The number of nitrogens with zero attached hydrogens (tertiary/aromatic N) is 1. The van der Waals surface area contributed by atoms with Gasteiger partial charge in [0.25, 0.3) is 0 Å². The number of benzene rings is 8. The van der Waals surface area contributed by atoms with Gasteiger partial charge in [-0.25, -0.2) is 0 Å². The molecule has 0 saturated heterocycles. The molecule has 8 aromatic rings. The van der Waals surface area contributed by atoms with Crippen molar-refractivity contribution in [2.45, 2.75) is 61.7 Å². The number of rotatable bonds is 5. The maximum Gasteiger partial charge on any atom is 0.149 e. The highest BCUT2D eigenvalue weighted by atomic mass is 32.2. The Hall–Kier alpha value is -5.37. The summed E-state index contributed by atoms with van der Waals surface area (Å²) in [6.07, 6.45) is 0. The zero-order valence-electron chi connectivity index (χ0n) is 33.3. The predicted octanol–water partition coefficient (Wildman–Crippen LogP) is 14.8. The van der Waals surface area contributed by atoms with E-state index in [9.17, 15) is 0 Å². The third-order valence-corrected chi connectivity index (χ3v) is 19.7. The summed E-state index contributed by atoms with van der Waals surface area (Å²) in [4.78, 5) is 10.2. The van der Waals surface area contributed by atoms with Gasteiger partial charge in [0.15, 0.2) is 0 Å². The average Bonchev–Trinajstić information content (AvgIpc) is 3.26. The summed E-state index contributed by atoms with van der Waals surface area (Å²) in [5.41, 5.74) is 10.9. The first kappa shape index (κ1) is 36.7. The normalized spacial score (nSPS) is 15.0. The molecule has 3 aliphatic heterocycles. The molecule has 3 heterocycles. The van der Waals surface area contributed by atoms with Crippen LogP contribution in [0, 0.1) is 0 Å². The van der Waals surface area contributed by atoms with E-state index in [0.717, 1.165) is 43.8 Å². The first-order valence-electron chi connectivity index (χ1n) is 20.2. The Morgan fingerprint density at radius 3 is 1.80 bits per heavy atom. The minimum Gasteiger partial charge on any atom is -0.454 e. The number of fused-ring (bicyclic) bond motifs is 6. The number of anilines is 3. The molecule has 0 atom stereocenters. The van der Waals surface area contributed by atoms with Gasteiger partial charge in [-0.05, 0) is 98.9 Å². The standard InChI is InChI=1S/C53H41NOS3Si/c1-53(2)40-16-5-7-20-44(40)57-51-39(15-11-17-41(51)53)35-28-32-37(33-29-35)54(42-18-13-25-49-52(42)58-46-22-9-10-24-48(46)59(49,3)4)36-30-26-34(27-31-36)38-14-12-23-47-50(38)55-43-19-6-8-21-45(43)56-47/h5-33H,1-4H3. The molecule has 0 radical (unpaired) electrons. The van der Waals surface area contributed by atoms with Crippen LogP contribution in [0.4, 0.5) is 17.1 Å². The van der Waals surface area contributed by atoms with Crippen molar-refractivity contribution in [1.82, 2.24) is 0 Å². The van der Waals surface area contributed by atoms with E-state index < -0.39 is 8.07 Å². The molecular weight excluding hydrogens is 791 g/mol. The molecule has 6 heteroatoms. The van der Waals surface area contributed by atoms with Gasteiger partial charge >= 0.3 is 0 Å². The fraction of sp³-hybridized carbons (Fsp3) is 0.0943. The van der Waals surface area contributed by atoms with Crippen molar-refractivity contribution < 1.29 is 4.74 Å². The zero-order chi connectivity index (χ0) is 39.9. The Kier molecular flexibility index (Phi) is 8.79. The molecule has 0 amide bonds. The van der Waals surface area contributed by atoms with Gasteiger partial charge in [-0.1, -0.05) is 177 Å². The first-order chi connectivity index (χ1) is 28.8. The van der Waals surface area contributed by atoms with Gasteiger partial charge in [-0.2, -0.15) is 0 Å². The summed E-state index contributed by atoms with van der Waals surface area (Å²) in [7, 11) is -1.97. The summed E-state index contributed by atoms with van der Waals surface area (Å²) >= 11 is 5.60. The Morgan fingerprint density at radius 1 is 0.458 bits per heavy atom. The van der Waals surface area contributed by atoms with Crippen molar-refractivity contribution in [2.24, 2.45) is 0 Å². The average molecular weight is 832 g/mol. The maximum absolute atomic E-state index is 6.57. The Morgan fingerprint density at radius 2 is 1.02 bits per heavy atom. The molecule has 59 heavy (non-hydrogen) atoms. The van der Waals surface area contributed by atoms with Gasteiger partial charge < -0.3 is 9.64 Å². The van der Waals surface area contributed by atoms with Gasteiger partial charge in [0.2, 0.25) is 0 Å². The molecule has 8 aromatic carbocycles. The highest BCUT2D eigenvalue weighted by molar-refractivity contribution is 8.00. The van der Waals surface area contributed by atoms with E-state index in [-0.39, 0.29) is 5.41 Å². The van der Waals surface area contributed by atoms with E-state index in [4.69, 9.17) is 4.74 Å². The smallest absolute Gasteiger partial charge is 0.149 e. The third-order valence-electron chi connectivity index (χ3n) is 12.3. The lowest BCUT2D eigenvalue weighted by molar-refractivity contribution is 0.456. The highest BCUT2D eigenvalue weighted by Gasteiger charge is 2.37. The van der Waals surface area contributed by atoms with Gasteiger partial charge in [-0.15, -0.1) is 0 Å². The van der Waals surface area contributed by atoms with Crippen LogP contribution in [0.3, 0.4) is 0 Å². The SMILES string of the molecule is CC1(C)c2ccccc2Sc2c(-c3ccc(N(c4ccc(-c5cccc6c5Oc5ccccc5S6)cc4)c4cccc5c4Sc4ccccc4[Si]5(C)C)cc3)cccc21. The van der Waals surface area contributed by atoms with E-state index in [0.29, 0.717) is 0 Å². The van der Waals surface area contributed by atoms with Crippen LogP contribution in [0.1, 0.15) is 25.0 Å². The quantitative estimate of drug-likeness (QED) is 0.160. The molecule has 0 aromatic heterocycles. The lowest BCUT2D eigenvalue weighted by Crippen LogP contribution is -2.56. The summed E-state index contributed by atoms with van der Waals surface area (Å²) in [5, 5.41) is 3.00. The summed E-state index contributed by atoms with van der Waals surface area (Å²) in [6.45, 7) is 9.72. The fourth-order valence-electron chi connectivity index (χ4n) is 9.10. The van der Waals surface area contributed by atoms with E-state index in [2.05, 4.69) is 202 Å². The molecule has 0 spiro atoms. The number of para-hydroxylation sites is 2. The van der Waals surface area contributed by atoms with Crippen molar-refractivity contribution in [3.05, 3.63) is 187 Å². The lowest BCUT2D eigenvalue weighted by atomic mass is 9.77. The van der Waals surface area contributed by atoms with Crippen molar-refractivity contribution in [3.63, 3.8) is 0 Å². The van der Waals surface area contributed by atoms with Gasteiger partial charge in [0, 0.05) is 41.9 Å². The molecular formula is C53H41NOS3Si. The Balaban J connectivity index is 1.02. The van der Waals surface area contributed by atoms with E-state index in [1.54, 1.807) is 11.8 Å². The van der Waals surface area contributed by atoms with Crippen LogP contribution in [-0.2, 0) is 5.41 Å². The van der Waals surface area contributed by atoms with E-state index in [1.807, 2.05) is 29.6 Å². The van der Waals surface area contributed by atoms with Crippen LogP contribution >= 0.6 is 35.3 Å². The van der Waals surface area contributed by atoms with Crippen molar-refractivity contribution in [2.75, 3.05) is 4.90 Å². The largest absolute Gasteiger partial charge is 0.454 e. The minimum absolute atomic E-state index is 0.0790. The van der Waals surface area contributed by atoms with Crippen molar-refractivity contribution in [1.29, 1.82) is 0 Å². The van der Waals surface area contributed by atoms with Crippen molar-refractivity contribution >= 4 is 70.8 Å². The van der Waals surface area contributed by atoms with Crippen LogP contribution in [0.15, 0.2) is 205 Å². The molecule has 0 bridgehead atoms. The molecule has 0 unspecified atom stereocenters. The third kappa shape index (κ3) is 6.02. The molecule has 0 saturated carbocycles. The second-order valence-electron chi connectivity index (χ2n) is 16.5. The molecule has 0 fully saturated rings. The fourth-order valence-corrected chi connectivity index (χ4v) is 17.2. The molecule has 2 nitrogen and oxygen atoms in total. The van der Waals surface area contributed by atoms with E-state index >= 15 is 0 Å². The van der Waals surface area contributed by atoms with Crippen LogP contribution in [0.25, 0.3) is 22.3 Å². The second kappa shape index (κ2) is 14.1. The molecule has 286 valence electrons. The van der Waals surface area contributed by atoms with Gasteiger partial charge in [0.1, 0.15) is 19.6 Å². The van der Waals surface area contributed by atoms with Crippen LogP contribution in [-0.4, -0.2) is 8.07 Å². The zero-order valence-corrected chi connectivity index (χ0v) is 36.8. The summed E-state index contributed by atoms with van der Waals surface area (Å²) in [5.74, 6) is 1.83. The first-order valence-corrected chi connectivity index (χ1v) is 25.6. The molecule has 3 aliphatic rings. The molecule has 0 aliphatic carbocycles. The number of ether oxygens (including phenoxy) is 1. The van der Waals surface area contributed by atoms with Crippen LogP contribution < -0.4 is 20.0 Å². The maximum atomic E-state index is 6.57. The summed E-state index contributed by atoms with van der Waals surface area (Å²) < 4.78 is 6.57. The highest BCUT2D eigenvalue weighted by Crippen LogP contribution is 2.53. The minimum atomic E-state index is -1.97. The second-order valence-corrected chi connectivity index (χ2v) is 24.0. The monoisotopic (exact) mass is 831 g/mol. The Bertz CT molecular complexity index is 2960. The molecule has 11 rings (SSSR count).